The number of piperazine rings is 1. The van der Waals surface area contributed by atoms with E-state index < -0.39 is 0 Å². The van der Waals surface area contributed by atoms with Crippen molar-refractivity contribution in [1.82, 2.24) is 19.8 Å². The first kappa shape index (κ1) is 20.5. The zero-order valence-electron chi connectivity index (χ0n) is 16.8. The van der Waals surface area contributed by atoms with Crippen LogP contribution in [0.1, 0.15) is 25.8 Å². The van der Waals surface area contributed by atoms with Gasteiger partial charge in [-0.1, -0.05) is 23.8 Å². The molecular formula is C22H30N4O2. The van der Waals surface area contributed by atoms with Gasteiger partial charge in [-0.3, -0.25) is 9.80 Å². The molecule has 0 aliphatic carbocycles. The van der Waals surface area contributed by atoms with Crippen LogP contribution in [0.15, 0.2) is 54.4 Å². The molecule has 2 heterocycles. The van der Waals surface area contributed by atoms with Gasteiger partial charge in [-0.05, 0) is 44.0 Å². The Bertz CT molecular complexity index is 745. The molecule has 0 saturated carbocycles. The summed E-state index contributed by atoms with van der Waals surface area (Å²) in [5.74, 6) is 0.736. The van der Waals surface area contributed by atoms with E-state index in [1.165, 1.54) is 11.1 Å². The number of hydrogen-bond donors (Lipinski definition) is 1. The molecule has 0 unspecified atom stereocenters. The highest BCUT2D eigenvalue weighted by Gasteiger charge is 2.25. The van der Waals surface area contributed by atoms with Gasteiger partial charge in [-0.25, -0.2) is 9.97 Å². The van der Waals surface area contributed by atoms with Crippen LogP contribution in [-0.2, 0) is 6.54 Å². The minimum Gasteiger partial charge on any atom is -0.424 e. The van der Waals surface area contributed by atoms with Gasteiger partial charge in [0, 0.05) is 57.8 Å². The third kappa shape index (κ3) is 6.12. The van der Waals surface area contributed by atoms with Crippen molar-refractivity contribution in [2.24, 2.45) is 0 Å². The summed E-state index contributed by atoms with van der Waals surface area (Å²) in [6.07, 6.45) is 6.42. The maximum atomic E-state index is 9.46. The van der Waals surface area contributed by atoms with Crippen LogP contribution in [0.25, 0.3) is 0 Å². The number of allylic oxidation sites excluding steroid dienone is 1. The van der Waals surface area contributed by atoms with Crippen molar-refractivity contribution < 1.29 is 9.84 Å². The van der Waals surface area contributed by atoms with E-state index >= 15 is 0 Å². The minimum atomic E-state index is 0.234. The van der Waals surface area contributed by atoms with E-state index in [4.69, 9.17) is 4.74 Å². The second-order valence-corrected chi connectivity index (χ2v) is 7.46. The highest BCUT2D eigenvalue weighted by Crippen LogP contribution is 2.20. The topological polar surface area (TPSA) is 61.7 Å². The first-order valence-electron chi connectivity index (χ1n) is 9.88. The smallest absolute Gasteiger partial charge is 0.321 e. The molecule has 0 spiro atoms. The SMILES string of the molecule is CC(C)=CCN1CCN(Cc2ccc(Oc3ncccn3)cc2)C[C@H]1CCO. The molecule has 1 N–H and O–H groups in total. The maximum Gasteiger partial charge on any atom is 0.321 e. The van der Waals surface area contributed by atoms with Crippen molar-refractivity contribution in [2.45, 2.75) is 32.9 Å². The van der Waals surface area contributed by atoms with Crippen LogP contribution >= 0.6 is 0 Å². The molecule has 1 aliphatic rings. The van der Waals surface area contributed by atoms with E-state index in [1.807, 2.05) is 12.1 Å². The molecule has 0 radical (unpaired) electrons. The minimum absolute atomic E-state index is 0.234. The summed E-state index contributed by atoms with van der Waals surface area (Å²) in [4.78, 5) is 13.1. The molecule has 1 atom stereocenters. The molecule has 1 aromatic heterocycles. The molecule has 6 heteroatoms. The molecule has 1 aromatic carbocycles. The van der Waals surface area contributed by atoms with Crippen molar-refractivity contribution in [2.75, 3.05) is 32.8 Å². The Balaban J connectivity index is 1.55. The standard InChI is InChI=1S/C22H30N4O2/c1-18(2)8-12-26-14-13-25(17-20(26)9-15-27)16-19-4-6-21(7-5-19)28-22-23-10-3-11-24-22/h3-8,10-11,20,27H,9,12-17H2,1-2H3/t20-/m1/s1. The molecule has 0 bridgehead atoms. The highest BCUT2D eigenvalue weighted by molar-refractivity contribution is 5.29. The Morgan fingerprint density at radius 1 is 1.18 bits per heavy atom. The monoisotopic (exact) mass is 382 g/mol. The Morgan fingerprint density at radius 2 is 1.93 bits per heavy atom. The van der Waals surface area contributed by atoms with Gasteiger partial charge < -0.3 is 9.84 Å². The Kier molecular flexibility index (Phi) is 7.54. The van der Waals surface area contributed by atoms with E-state index in [0.717, 1.165) is 44.9 Å². The summed E-state index contributed by atoms with van der Waals surface area (Å²) >= 11 is 0. The zero-order valence-corrected chi connectivity index (χ0v) is 16.8. The first-order valence-corrected chi connectivity index (χ1v) is 9.88. The van der Waals surface area contributed by atoms with Crippen molar-refractivity contribution in [1.29, 1.82) is 0 Å². The second kappa shape index (κ2) is 10.3. The van der Waals surface area contributed by atoms with Crippen molar-refractivity contribution in [3.8, 4) is 11.8 Å². The Labute approximate surface area is 167 Å². The summed E-state index contributed by atoms with van der Waals surface area (Å²) in [6, 6.07) is 10.6. The zero-order chi connectivity index (χ0) is 19.8. The fraction of sp³-hybridized carbons (Fsp3) is 0.455. The first-order chi connectivity index (χ1) is 13.6. The van der Waals surface area contributed by atoms with Gasteiger partial charge in [0.1, 0.15) is 5.75 Å². The predicted octanol–water partition coefficient (Wildman–Crippen LogP) is 3.10. The van der Waals surface area contributed by atoms with Crippen LogP contribution in [-0.4, -0.2) is 63.7 Å². The van der Waals surface area contributed by atoms with Crippen molar-refractivity contribution in [3.63, 3.8) is 0 Å². The normalized spacial score (nSPS) is 18.0. The lowest BCUT2D eigenvalue weighted by Crippen LogP contribution is -2.53. The van der Waals surface area contributed by atoms with E-state index in [9.17, 15) is 5.11 Å². The van der Waals surface area contributed by atoms with E-state index in [2.05, 4.69) is 51.8 Å². The lowest BCUT2D eigenvalue weighted by molar-refractivity contribution is 0.0636. The molecular weight excluding hydrogens is 352 g/mol. The summed E-state index contributed by atoms with van der Waals surface area (Å²) in [5.41, 5.74) is 2.59. The largest absolute Gasteiger partial charge is 0.424 e. The molecule has 3 rings (SSSR count). The van der Waals surface area contributed by atoms with Crippen LogP contribution in [0, 0.1) is 0 Å². The second-order valence-electron chi connectivity index (χ2n) is 7.46. The molecule has 0 amide bonds. The number of nitrogens with zero attached hydrogens (tertiary/aromatic N) is 4. The van der Waals surface area contributed by atoms with E-state index in [-0.39, 0.29) is 6.61 Å². The molecule has 1 aliphatic heterocycles. The third-order valence-corrected chi connectivity index (χ3v) is 4.97. The number of aliphatic hydroxyl groups is 1. The molecule has 28 heavy (non-hydrogen) atoms. The molecule has 150 valence electrons. The predicted molar refractivity (Wildman–Crippen MR) is 110 cm³/mol. The molecule has 1 fully saturated rings. The fourth-order valence-electron chi connectivity index (χ4n) is 3.43. The number of benzene rings is 1. The van der Waals surface area contributed by atoms with E-state index in [1.54, 1.807) is 18.5 Å². The number of ether oxygens (including phenoxy) is 1. The number of aromatic nitrogens is 2. The van der Waals surface area contributed by atoms with Gasteiger partial charge in [0.15, 0.2) is 0 Å². The van der Waals surface area contributed by atoms with Gasteiger partial charge >= 0.3 is 6.01 Å². The average molecular weight is 383 g/mol. The fourth-order valence-corrected chi connectivity index (χ4v) is 3.43. The van der Waals surface area contributed by atoms with Crippen LogP contribution in [0.2, 0.25) is 0 Å². The van der Waals surface area contributed by atoms with Crippen LogP contribution < -0.4 is 4.74 Å². The highest BCUT2D eigenvalue weighted by atomic mass is 16.5. The van der Waals surface area contributed by atoms with Gasteiger partial charge in [0.25, 0.3) is 0 Å². The lowest BCUT2D eigenvalue weighted by Gasteiger charge is -2.41. The molecule has 1 saturated heterocycles. The van der Waals surface area contributed by atoms with Gasteiger partial charge in [0.05, 0.1) is 0 Å². The molecule has 2 aromatic rings. The van der Waals surface area contributed by atoms with Crippen molar-refractivity contribution in [3.05, 3.63) is 59.9 Å². The number of aliphatic hydroxyl groups excluding tert-OH is 1. The van der Waals surface area contributed by atoms with Crippen LogP contribution in [0.3, 0.4) is 0 Å². The number of hydrogen-bond acceptors (Lipinski definition) is 6. The van der Waals surface area contributed by atoms with E-state index in [0.29, 0.717) is 12.1 Å². The van der Waals surface area contributed by atoms with Crippen LogP contribution in [0.4, 0.5) is 0 Å². The number of rotatable bonds is 8. The summed E-state index contributed by atoms with van der Waals surface area (Å²) in [7, 11) is 0. The summed E-state index contributed by atoms with van der Waals surface area (Å²) in [6.45, 7) is 9.42. The quantitative estimate of drug-likeness (QED) is 0.708. The summed E-state index contributed by atoms with van der Waals surface area (Å²) < 4.78 is 5.66. The third-order valence-electron chi connectivity index (χ3n) is 4.97. The Hall–Kier alpha value is -2.28. The lowest BCUT2D eigenvalue weighted by atomic mass is 10.1. The summed E-state index contributed by atoms with van der Waals surface area (Å²) in [5, 5.41) is 9.46. The van der Waals surface area contributed by atoms with Crippen LogP contribution in [0.5, 0.6) is 11.8 Å². The van der Waals surface area contributed by atoms with Gasteiger partial charge in [-0.2, -0.15) is 0 Å². The molecule has 6 nitrogen and oxygen atoms in total. The van der Waals surface area contributed by atoms with Crippen molar-refractivity contribution >= 4 is 0 Å². The van der Waals surface area contributed by atoms with Gasteiger partial charge in [-0.15, -0.1) is 0 Å². The Morgan fingerprint density at radius 3 is 2.61 bits per heavy atom. The average Bonchev–Trinajstić information content (AvgIpc) is 2.70. The van der Waals surface area contributed by atoms with Gasteiger partial charge in [0.2, 0.25) is 0 Å². The maximum absolute atomic E-state index is 9.46.